The predicted octanol–water partition coefficient (Wildman–Crippen LogP) is 1.14. The summed E-state index contributed by atoms with van der Waals surface area (Å²) in [6.45, 7) is 0. The van der Waals surface area contributed by atoms with Gasteiger partial charge in [-0.1, -0.05) is 12.2 Å². The highest BCUT2D eigenvalue weighted by atomic mass is 32.2. The van der Waals surface area contributed by atoms with Crippen LogP contribution in [0.1, 0.15) is 6.42 Å². The summed E-state index contributed by atoms with van der Waals surface area (Å²) in [7, 11) is 0. The highest BCUT2D eigenvalue weighted by molar-refractivity contribution is 8.01. The van der Waals surface area contributed by atoms with Crippen molar-refractivity contribution in [2.24, 2.45) is 17.8 Å². The fourth-order valence-electron chi connectivity index (χ4n) is 3.82. The van der Waals surface area contributed by atoms with Crippen molar-refractivity contribution < 1.29 is 14.6 Å². The number of aliphatic carboxylic acids is 1. The second-order valence-electron chi connectivity index (χ2n) is 4.92. The van der Waals surface area contributed by atoms with Crippen LogP contribution in [0, 0.1) is 17.8 Å². The van der Waals surface area contributed by atoms with Gasteiger partial charge in [0.1, 0.15) is 0 Å². The number of ether oxygens (including phenoxy) is 1. The van der Waals surface area contributed by atoms with E-state index in [1.54, 1.807) is 0 Å². The summed E-state index contributed by atoms with van der Waals surface area (Å²) in [5.74, 6) is 0.341. The van der Waals surface area contributed by atoms with E-state index in [-0.39, 0.29) is 18.1 Å². The molecule has 3 fully saturated rings. The normalized spacial score (nSPS) is 58.8. The fraction of sp³-hybridized carbons (Fsp3) is 0.727. The van der Waals surface area contributed by atoms with Crippen molar-refractivity contribution in [1.29, 1.82) is 0 Å². The van der Waals surface area contributed by atoms with Gasteiger partial charge in [0.05, 0.1) is 18.1 Å². The zero-order chi connectivity index (χ0) is 10.2. The Morgan fingerprint density at radius 2 is 2.07 bits per heavy atom. The van der Waals surface area contributed by atoms with E-state index in [1.165, 1.54) is 0 Å². The van der Waals surface area contributed by atoms with E-state index >= 15 is 0 Å². The highest BCUT2D eigenvalue weighted by Gasteiger charge is 2.64. The number of hydrogen-bond donors (Lipinski definition) is 1. The monoisotopic (exact) mass is 224 g/mol. The molecule has 3 saturated heterocycles. The zero-order valence-electron chi connectivity index (χ0n) is 8.08. The summed E-state index contributed by atoms with van der Waals surface area (Å²) in [5, 5.41) is 9.99. The van der Waals surface area contributed by atoms with Gasteiger partial charge in [0.25, 0.3) is 0 Å². The van der Waals surface area contributed by atoms with E-state index in [9.17, 15) is 4.79 Å². The topological polar surface area (TPSA) is 46.5 Å². The smallest absolute Gasteiger partial charge is 0.307 e. The van der Waals surface area contributed by atoms with E-state index < -0.39 is 5.97 Å². The SMILES string of the molecule is O=C(O)C1CC2SC1C1C3C=CC(O3)C21. The molecule has 4 rings (SSSR count). The molecule has 4 heteroatoms. The van der Waals surface area contributed by atoms with Crippen LogP contribution in [0.3, 0.4) is 0 Å². The molecule has 4 bridgehead atoms. The first kappa shape index (κ1) is 8.65. The van der Waals surface area contributed by atoms with Crippen LogP contribution >= 0.6 is 11.8 Å². The first-order chi connectivity index (χ1) is 7.25. The van der Waals surface area contributed by atoms with Gasteiger partial charge in [-0.3, -0.25) is 4.79 Å². The largest absolute Gasteiger partial charge is 0.481 e. The molecule has 7 atom stereocenters. The Balaban J connectivity index is 1.71. The van der Waals surface area contributed by atoms with Crippen LogP contribution in [0.15, 0.2) is 12.2 Å². The molecule has 0 radical (unpaired) electrons. The van der Waals surface area contributed by atoms with Crippen molar-refractivity contribution in [2.75, 3.05) is 0 Å². The molecular formula is C11H12O3S. The summed E-state index contributed by atoms with van der Waals surface area (Å²) in [6, 6.07) is 0. The Hall–Kier alpha value is -0.480. The number of rotatable bonds is 1. The summed E-state index contributed by atoms with van der Waals surface area (Å²) >= 11 is 1.91. The molecule has 0 saturated carbocycles. The molecule has 4 heterocycles. The summed E-state index contributed by atoms with van der Waals surface area (Å²) in [6.07, 6.45) is 5.66. The lowest BCUT2D eigenvalue weighted by atomic mass is 9.69. The third-order valence-corrected chi connectivity index (χ3v) is 6.16. The molecule has 0 aromatic carbocycles. The average Bonchev–Trinajstić information content (AvgIpc) is 2.95. The molecular weight excluding hydrogens is 212 g/mol. The van der Waals surface area contributed by atoms with Crippen molar-refractivity contribution in [3.8, 4) is 0 Å². The van der Waals surface area contributed by atoms with Gasteiger partial charge in [-0.05, 0) is 6.42 Å². The Kier molecular flexibility index (Phi) is 1.50. The highest BCUT2D eigenvalue weighted by Crippen LogP contribution is 2.62. The minimum atomic E-state index is -0.611. The summed E-state index contributed by atoms with van der Waals surface area (Å²) in [5.41, 5.74) is 0. The van der Waals surface area contributed by atoms with Gasteiger partial charge < -0.3 is 9.84 Å². The van der Waals surface area contributed by atoms with Crippen molar-refractivity contribution >= 4 is 17.7 Å². The van der Waals surface area contributed by atoms with Gasteiger partial charge >= 0.3 is 5.97 Å². The van der Waals surface area contributed by atoms with Gasteiger partial charge in [-0.2, -0.15) is 11.8 Å². The second-order valence-corrected chi connectivity index (χ2v) is 6.35. The molecule has 15 heavy (non-hydrogen) atoms. The van der Waals surface area contributed by atoms with Gasteiger partial charge in [0, 0.05) is 22.3 Å². The molecule has 4 aliphatic rings. The third kappa shape index (κ3) is 0.905. The van der Waals surface area contributed by atoms with E-state index in [0.29, 0.717) is 22.3 Å². The molecule has 0 aromatic heterocycles. The Labute approximate surface area is 91.9 Å². The number of fused-ring (bicyclic) bond motifs is 9. The van der Waals surface area contributed by atoms with Gasteiger partial charge in [-0.25, -0.2) is 0 Å². The number of hydrogen-bond acceptors (Lipinski definition) is 3. The minimum Gasteiger partial charge on any atom is -0.481 e. The summed E-state index contributed by atoms with van der Waals surface area (Å²) in [4.78, 5) is 11.1. The van der Waals surface area contributed by atoms with Crippen LogP contribution in [-0.2, 0) is 9.53 Å². The maximum atomic E-state index is 11.1. The van der Waals surface area contributed by atoms with Gasteiger partial charge in [0.2, 0.25) is 0 Å². The quantitative estimate of drug-likeness (QED) is 0.679. The zero-order valence-corrected chi connectivity index (χ0v) is 8.89. The molecule has 0 aliphatic carbocycles. The van der Waals surface area contributed by atoms with Crippen LogP contribution in [-0.4, -0.2) is 33.8 Å². The number of carbonyl (C=O) groups is 1. The molecule has 80 valence electrons. The predicted molar refractivity (Wildman–Crippen MR) is 55.7 cm³/mol. The Morgan fingerprint density at radius 3 is 2.80 bits per heavy atom. The number of thioether (sulfide) groups is 1. The first-order valence-electron chi connectivity index (χ1n) is 5.48. The van der Waals surface area contributed by atoms with Crippen molar-refractivity contribution in [3.05, 3.63) is 12.2 Å². The first-order valence-corrected chi connectivity index (χ1v) is 6.42. The molecule has 1 N–H and O–H groups in total. The van der Waals surface area contributed by atoms with Crippen molar-refractivity contribution in [3.63, 3.8) is 0 Å². The lowest BCUT2D eigenvalue weighted by Gasteiger charge is -2.30. The van der Waals surface area contributed by atoms with E-state index in [2.05, 4.69) is 12.2 Å². The Bertz CT molecular complexity index is 367. The van der Waals surface area contributed by atoms with Gasteiger partial charge in [-0.15, -0.1) is 0 Å². The maximum Gasteiger partial charge on any atom is 0.307 e. The third-order valence-electron chi connectivity index (χ3n) is 4.35. The maximum absolute atomic E-state index is 11.1. The van der Waals surface area contributed by atoms with Gasteiger partial charge in [0.15, 0.2) is 0 Å². The summed E-state index contributed by atoms with van der Waals surface area (Å²) < 4.78 is 5.83. The van der Waals surface area contributed by atoms with E-state index in [4.69, 9.17) is 9.84 Å². The molecule has 0 aromatic rings. The Morgan fingerprint density at radius 1 is 1.33 bits per heavy atom. The second kappa shape index (κ2) is 2.61. The van der Waals surface area contributed by atoms with Crippen LogP contribution in [0.25, 0.3) is 0 Å². The fourth-order valence-corrected chi connectivity index (χ4v) is 5.99. The standard InChI is InChI=1S/C11H12O3S/c12-11(13)4-3-7-8-5-1-2-6(14-5)9(8)10(4)15-7/h1-2,4-10H,3H2,(H,12,13). The van der Waals surface area contributed by atoms with Crippen molar-refractivity contribution in [1.82, 2.24) is 0 Å². The van der Waals surface area contributed by atoms with Crippen LogP contribution in [0.4, 0.5) is 0 Å². The minimum absolute atomic E-state index is 0.127. The molecule has 3 nitrogen and oxygen atoms in total. The molecule has 4 aliphatic heterocycles. The number of carboxylic acids is 1. The molecule has 7 unspecified atom stereocenters. The lowest BCUT2D eigenvalue weighted by molar-refractivity contribution is -0.142. The van der Waals surface area contributed by atoms with E-state index in [0.717, 1.165) is 6.42 Å². The van der Waals surface area contributed by atoms with Crippen LogP contribution in [0.2, 0.25) is 0 Å². The molecule has 0 spiro atoms. The van der Waals surface area contributed by atoms with Crippen LogP contribution < -0.4 is 0 Å². The molecule has 0 amide bonds. The number of carboxylic acid groups (broad SMARTS) is 1. The van der Waals surface area contributed by atoms with E-state index in [1.807, 2.05) is 11.8 Å². The van der Waals surface area contributed by atoms with Crippen molar-refractivity contribution in [2.45, 2.75) is 29.1 Å². The lowest BCUT2D eigenvalue weighted by Crippen LogP contribution is -2.40. The van der Waals surface area contributed by atoms with Crippen LogP contribution in [0.5, 0.6) is 0 Å². The average molecular weight is 224 g/mol.